The molecule has 1 unspecified atom stereocenters. The number of carbonyl (C=O) groups is 2. The number of hydrogen-bond donors (Lipinski definition) is 2. The number of nitrogens with zero attached hydrogens (tertiary/aromatic N) is 2. The largest absolute Gasteiger partial charge is 0.338 e. The number of urea groups is 1. The van der Waals surface area contributed by atoms with Crippen LogP contribution in [0.3, 0.4) is 0 Å². The van der Waals surface area contributed by atoms with Crippen molar-refractivity contribution in [2.24, 2.45) is 0 Å². The van der Waals surface area contributed by atoms with Gasteiger partial charge >= 0.3 is 6.03 Å². The van der Waals surface area contributed by atoms with Crippen LogP contribution in [0.1, 0.15) is 38.5 Å². The minimum atomic E-state index is -0.278. The minimum absolute atomic E-state index is 0.111. The van der Waals surface area contributed by atoms with Crippen molar-refractivity contribution in [2.45, 2.75) is 50.6 Å². The van der Waals surface area contributed by atoms with Gasteiger partial charge in [-0.3, -0.25) is 10.1 Å². The Hall–Kier alpha value is -1.67. The molecule has 2 fully saturated rings. The Morgan fingerprint density at radius 1 is 1.29 bits per heavy atom. The molecule has 2 aliphatic rings. The minimum Gasteiger partial charge on any atom is -0.338 e. The number of aromatic nitrogens is 1. The molecular weight excluding hydrogens is 344 g/mol. The zero-order valence-electron chi connectivity index (χ0n) is 13.3. The first-order valence-corrected chi connectivity index (χ1v) is 10.1. The van der Waals surface area contributed by atoms with Crippen molar-refractivity contribution in [2.75, 3.05) is 11.9 Å². The molecule has 1 saturated heterocycles. The number of nitrogens with one attached hydrogen (secondary N) is 2. The first-order chi connectivity index (χ1) is 11.7. The van der Waals surface area contributed by atoms with Gasteiger partial charge in [0, 0.05) is 19.0 Å². The average molecular weight is 364 g/mol. The van der Waals surface area contributed by atoms with Crippen LogP contribution in [-0.4, -0.2) is 40.5 Å². The number of likely N-dealkylation sites (tertiary alicyclic amines) is 1. The van der Waals surface area contributed by atoms with Gasteiger partial charge < -0.3 is 10.2 Å². The Bertz CT molecular complexity index is 722. The van der Waals surface area contributed by atoms with Crippen LogP contribution < -0.4 is 10.6 Å². The van der Waals surface area contributed by atoms with E-state index in [1.54, 1.807) is 11.3 Å². The molecule has 0 bridgehead atoms. The Kier molecular flexibility index (Phi) is 4.41. The van der Waals surface area contributed by atoms with Gasteiger partial charge in [-0.25, -0.2) is 9.78 Å². The lowest BCUT2D eigenvalue weighted by Crippen LogP contribution is -2.42. The van der Waals surface area contributed by atoms with E-state index >= 15 is 0 Å². The molecule has 24 heavy (non-hydrogen) atoms. The number of fused-ring (bicyclic) bond motifs is 1. The maximum Gasteiger partial charge on any atom is 0.321 e. The molecule has 0 radical (unpaired) electrons. The average Bonchev–Trinajstić information content (AvgIpc) is 3.23. The predicted octanol–water partition coefficient (Wildman–Crippen LogP) is 3.41. The molecule has 3 amide bonds. The number of thiazole rings is 1. The number of thiophene rings is 1. The zero-order valence-corrected chi connectivity index (χ0v) is 14.9. The van der Waals surface area contributed by atoms with Crippen molar-refractivity contribution in [1.82, 2.24) is 15.2 Å². The fourth-order valence-corrected chi connectivity index (χ4v) is 5.45. The third kappa shape index (κ3) is 3.25. The summed E-state index contributed by atoms with van der Waals surface area (Å²) < 4.78 is 1.10. The Labute approximate surface area is 148 Å². The Morgan fingerprint density at radius 2 is 2.12 bits per heavy atom. The normalized spacial score (nSPS) is 22.2. The van der Waals surface area contributed by atoms with E-state index in [1.807, 2.05) is 16.3 Å². The van der Waals surface area contributed by atoms with Gasteiger partial charge in [-0.1, -0.05) is 30.6 Å². The van der Waals surface area contributed by atoms with Gasteiger partial charge in [-0.15, -0.1) is 11.3 Å². The smallest absolute Gasteiger partial charge is 0.321 e. The summed E-state index contributed by atoms with van der Waals surface area (Å²) in [7, 11) is 0. The standard InChI is InChI=1S/C16H20N4O2S2/c21-13-8-10(9-20(13)11-4-2-1-3-5-11)17-15(22)19-16-18-12-6-7-23-14(12)24-16/h6-7,10-11H,1-5,8-9H2,(H2,17,18,19,22). The summed E-state index contributed by atoms with van der Waals surface area (Å²) in [6.45, 7) is 0.629. The van der Waals surface area contributed by atoms with Crippen molar-refractivity contribution < 1.29 is 9.59 Å². The van der Waals surface area contributed by atoms with Crippen molar-refractivity contribution in [3.8, 4) is 0 Å². The van der Waals surface area contributed by atoms with E-state index in [4.69, 9.17) is 0 Å². The molecule has 8 heteroatoms. The number of amides is 3. The third-order valence-electron chi connectivity index (χ3n) is 4.75. The second-order valence-electron chi connectivity index (χ2n) is 6.45. The van der Waals surface area contributed by atoms with Crippen molar-refractivity contribution >= 4 is 49.3 Å². The summed E-state index contributed by atoms with van der Waals surface area (Å²) in [6, 6.07) is 1.92. The Morgan fingerprint density at radius 3 is 2.92 bits per heavy atom. The van der Waals surface area contributed by atoms with E-state index in [9.17, 15) is 9.59 Å². The van der Waals surface area contributed by atoms with Crippen LogP contribution in [0.4, 0.5) is 9.93 Å². The van der Waals surface area contributed by atoms with E-state index in [2.05, 4.69) is 15.6 Å². The summed E-state index contributed by atoms with van der Waals surface area (Å²) >= 11 is 3.09. The molecule has 6 nitrogen and oxygen atoms in total. The van der Waals surface area contributed by atoms with Gasteiger partial charge in [-0.2, -0.15) is 0 Å². The number of rotatable bonds is 3. The molecule has 2 aromatic rings. The quantitative estimate of drug-likeness (QED) is 0.876. The molecule has 0 spiro atoms. The number of carbonyl (C=O) groups excluding carboxylic acids is 2. The van der Waals surface area contributed by atoms with Crippen LogP contribution in [0.25, 0.3) is 9.53 Å². The second kappa shape index (κ2) is 6.68. The van der Waals surface area contributed by atoms with E-state index in [0.717, 1.165) is 22.4 Å². The molecule has 1 saturated carbocycles. The van der Waals surface area contributed by atoms with Gasteiger partial charge in [0.25, 0.3) is 0 Å². The van der Waals surface area contributed by atoms with Gasteiger partial charge in [0.15, 0.2) is 5.13 Å². The summed E-state index contributed by atoms with van der Waals surface area (Å²) in [5.41, 5.74) is 0.916. The Balaban J connectivity index is 1.32. The highest BCUT2D eigenvalue weighted by molar-refractivity contribution is 7.39. The van der Waals surface area contributed by atoms with Crippen molar-refractivity contribution in [3.05, 3.63) is 11.4 Å². The fraction of sp³-hybridized carbons (Fsp3) is 0.562. The van der Waals surface area contributed by atoms with E-state index in [0.29, 0.717) is 24.1 Å². The number of anilines is 1. The van der Waals surface area contributed by atoms with Crippen LogP contribution >= 0.6 is 22.7 Å². The maximum absolute atomic E-state index is 12.3. The van der Waals surface area contributed by atoms with Crippen molar-refractivity contribution in [3.63, 3.8) is 0 Å². The molecule has 1 atom stereocenters. The first kappa shape index (κ1) is 15.8. The molecule has 4 rings (SSSR count). The highest BCUT2D eigenvalue weighted by atomic mass is 32.2. The van der Waals surface area contributed by atoms with Crippen LogP contribution in [0.15, 0.2) is 11.4 Å². The summed E-state index contributed by atoms with van der Waals surface area (Å²) in [5.74, 6) is 0.168. The van der Waals surface area contributed by atoms with Gasteiger partial charge in [0.1, 0.15) is 4.01 Å². The van der Waals surface area contributed by atoms with Gasteiger partial charge in [-0.05, 0) is 24.3 Å². The topological polar surface area (TPSA) is 74.3 Å². The molecule has 0 aromatic carbocycles. The monoisotopic (exact) mass is 364 g/mol. The van der Waals surface area contributed by atoms with E-state index < -0.39 is 0 Å². The molecule has 2 aromatic heterocycles. The molecular formula is C16H20N4O2S2. The molecule has 3 heterocycles. The lowest BCUT2D eigenvalue weighted by molar-refractivity contribution is -0.130. The summed E-state index contributed by atoms with van der Waals surface area (Å²) in [6.07, 6.45) is 6.27. The molecule has 1 aliphatic carbocycles. The number of hydrogen-bond acceptors (Lipinski definition) is 5. The van der Waals surface area contributed by atoms with Crippen LogP contribution in [-0.2, 0) is 4.79 Å². The third-order valence-corrected chi connectivity index (χ3v) is 6.77. The van der Waals surface area contributed by atoms with Crippen LogP contribution in [0.2, 0.25) is 0 Å². The highest BCUT2D eigenvalue weighted by Crippen LogP contribution is 2.30. The molecule has 1 aliphatic heterocycles. The van der Waals surface area contributed by atoms with E-state index in [-0.39, 0.29) is 18.0 Å². The lowest BCUT2D eigenvalue weighted by Gasteiger charge is -2.31. The highest BCUT2D eigenvalue weighted by Gasteiger charge is 2.35. The lowest BCUT2D eigenvalue weighted by atomic mass is 9.94. The SMILES string of the molecule is O=C(Nc1nc2ccsc2s1)NC1CC(=O)N(C2CCCCC2)C1. The van der Waals surface area contributed by atoms with Gasteiger partial charge in [0.05, 0.1) is 11.6 Å². The zero-order chi connectivity index (χ0) is 16.5. The van der Waals surface area contributed by atoms with Gasteiger partial charge in [0.2, 0.25) is 5.91 Å². The molecule has 2 N–H and O–H groups in total. The van der Waals surface area contributed by atoms with Crippen LogP contribution in [0.5, 0.6) is 0 Å². The van der Waals surface area contributed by atoms with E-state index in [1.165, 1.54) is 30.6 Å². The first-order valence-electron chi connectivity index (χ1n) is 8.40. The second-order valence-corrected chi connectivity index (χ2v) is 8.62. The predicted molar refractivity (Wildman–Crippen MR) is 96.6 cm³/mol. The van der Waals surface area contributed by atoms with Crippen molar-refractivity contribution in [1.29, 1.82) is 0 Å². The summed E-state index contributed by atoms with van der Waals surface area (Å²) in [5, 5.41) is 8.30. The fourth-order valence-electron chi connectivity index (χ4n) is 3.61. The maximum atomic E-state index is 12.3. The molecule has 128 valence electrons. The van der Waals surface area contributed by atoms with Crippen LogP contribution in [0, 0.1) is 0 Å². The summed E-state index contributed by atoms with van der Waals surface area (Å²) in [4.78, 5) is 30.8.